The number of amides is 2. The van der Waals surface area contributed by atoms with E-state index in [-0.39, 0.29) is 11.9 Å². The van der Waals surface area contributed by atoms with Gasteiger partial charge in [0.25, 0.3) is 5.91 Å². The maximum atomic E-state index is 12.9. The number of ether oxygens (including phenoxy) is 1. The minimum Gasteiger partial charge on any atom is -0.377 e. The molecule has 0 spiro atoms. The van der Waals surface area contributed by atoms with Gasteiger partial charge in [-0.2, -0.15) is 0 Å². The first kappa shape index (κ1) is 16.0. The number of rotatable bonds is 3. The standard InChI is InChI=1S/C17H23N3O3/c1-19-8-2-3-14(19)15-11-23-10-9-20(15)17(22)13-6-4-12(5-7-13)16(18)21/h4-7,14-15H,2-3,8-11H2,1H3,(H2,18,21)/t14-,15+/m1/s1. The summed E-state index contributed by atoms with van der Waals surface area (Å²) in [6.07, 6.45) is 2.25. The van der Waals surface area contributed by atoms with Crippen LogP contribution in [0.25, 0.3) is 0 Å². The molecule has 124 valence electrons. The van der Waals surface area contributed by atoms with Gasteiger partial charge in [0, 0.05) is 23.7 Å². The number of hydrogen-bond acceptors (Lipinski definition) is 4. The average molecular weight is 317 g/mol. The molecule has 2 heterocycles. The van der Waals surface area contributed by atoms with Gasteiger partial charge in [0.15, 0.2) is 0 Å². The van der Waals surface area contributed by atoms with Crippen LogP contribution in [0.2, 0.25) is 0 Å². The van der Waals surface area contributed by atoms with Crippen molar-refractivity contribution in [3.8, 4) is 0 Å². The molecular formula is C17H23N3O3. The normalized spacial score (nSPS) is 25.5. The van der Waals surface area contributed by atoms with E-state index in [2.05, 4.69) is 11.9 Å². The van der Waals surface area contributed by atoms with Gasteiger partial charge in [-0.1, -0.05) is 0 Å². The summed E-state index contributed by atoms with van der Waals surface area (Å²) in [7, 11) is 2.11. The monoisotopic (exact) mass is 317 g/mol. The summed E-state index contributed by atoms with van der Waals surface area (Å²) in [5.74, 6) is -0.490. The first-order chi connectivity index (χ1) is 11.1. The van der Waals surface area contributed by atoms with Crippen molar-refractivity contribution in [1.29, 1.82) is 0 Å². The Balaban J connectivity index is 1.79. The van der Waals surface area contributed by atoms with Crippen LogP contribution in [0.4, 0.5) is 0 Å². The number of hydrogen-bond donors (Lipinski definition) is 1. The van der Waals surface area contributed by atoms with Crippen LogP contribution < -0.4 is 5.73 Å². The molecule has 0 aliphatic carbocycles. The van der Waals surface area contributed by atoms with Crippen molar-refractivity contribution in [2.45, 2.75) is 24.9 Å². The van der Waals surface area contributed by atoms with E-state index in [0.29, 0.717) is 36.9 Å². The van der Waals surface area contributed by atoms with Gasteiger partial charge in [-0.05, 0) is 50.7 Å². The van der Waals surface area contributed by atoms with Gasteiger partial charge in [0.1, 0.15) is 0 Å². The summed E-state index contributed by atoms with van der Waals surface area (Å²) >= 11 is 0. The van der Waals surface area contributed by atoms with Crippen molar-refractivity contribution in [3.05, 3.63) is 35.4 Å². The van der Waals surface area contributed by atoms with Crippen molar-refractivity contribution in [3.63, 3.8) is 0 Å². The second kappa shape index (κ2) is 6.68. The molecule has 2 aliphatic heterocycles. The summed E-state index contributed by atoms with van der Waals surface area (Å²) in [4.78, 5) is 28.3. The fraction of sp³-hybridized carbons (Fsp3) is 0.529. The van der Waals surface area contributed by atoms with E-state index in [9.17, 15) is 9.59 Å². The lowest BCUT2D eigenvalue weighted by atomic mass is 10.0. The van der Waals surface area contributed by atoms with Crippen molar-refractivity contribution >= 4 is 11.8 Å². The van der Waals surface area contributed by atoms with Gasteiger partial charge >= 0.3 is 0 Å². The number of benzene rings is 1. The number of nitrogens with two attached hydrogens (primary N) is 1. The molecule has 2 amide bonds. The smallest absolute Gasteiger partial charge is 0.254 e. The maximum absolute atomic E-state index is 12.9. The van der Waals surface area contributed by atoms with Crippen molar-refractivity contribution in [2.75, 3.05) is 33.4 Å². The van der Waals surface area contributed by atoms with E-state index >= 15 is 0 Å². The number of carbonyl (C=O) groups excluding carboxylic acids is 2. The Morgan fingerprint density at radius 3 is 2.43 bits per heavy atom. The number of morpholine rings is 1. The van der Waals surface area contributed by atoms with Gasteiger partial charge in [-0.3, -0.25) is 9.59 Å². The minimum absolute atomic E-state index is 0.00498. The van der Waals surface area contributed by atoms with Crippen LogP contribution >= 0.6 is 0 Å². The van der Waals surface area contributed by atoms with Crippen LogP contribution in [0, 0.1) is 0 Å². The van der Waals surface area contributed by atoms with E-state index in [1.807, 2.05) is 4.90 Å². The molecule has 2 saturated heterocycles. The molecule has 3 rings (SSSR count). The van der Waals surface area contributed by atoms with Crippen LogP contribution in [0.5, 0.6) is 0 Å². The molecule has 1 aromatic rings. The fourth-order valence-electron chi connectivity index (χ4n) is 3.56. The molecule has 2 N–H and O–H groups in total. The average Bonchev–Trinajstić information content (AvgIpc) is 3.00. The van der Waals surface area contributed by atoms with E-state index in [1.54, 1.807) is 24.3 Å². The molecule has 6 nitrogen and oxygen atoms in total. The van der Waals surface area contributed by atoms with Gasteiger partial charge in [-0.25, -0.2) is 0 Å². The Labute approximate surface area is 136 Å². The Morgan fingerprint density at radius 1 is 1.13 bits per heavy atom. The molecule has 23 heavy (non-hydrogen) atoms. The van der Waals surface area contributed by atoms with Crippen LogP contribution in [0.3, 0.4) is 0 Å². The molecule has 0 radical (unpaired) electrons. The molecule has 0 aromatic heterocycles. The van der Waals surface area contributed by atoms with Crippen LogP contribution in [0.1, 0.15) is 33.6 Å². The second-order valence-corrected chi connectivity index (χ2v) is 6.27. The summed E-state index contributed by atoms with van der Waals surface area (Å²) < 4.78 is 5.63. The van der Waals surface area contributed by atoms with Gasteiger partial charge in [0.05, 0.1) is 19.3 Å². The lowest BCUT2D eigenvalue weighted by Gasteiger charge is -2.41. The molecule has 6 heteroatoms. The lowest BCUT2D eigenvalue weighted by Crippen LogP contribution is -2.56. The van der Waals surface area contributed by atoms with Crippen molar-refractivity contribution < 1.29 is 14.3 Å². The number of primary amides is 1. The van der Waals surface area contributed by atoms with Crippen LogP contribution in [-0.2, 0) is 4.74 Å². The highest BCUT2D eigenvalue weighted by atomic mass is 16.5. The summed E-state index contributed by atoms with van der Waals surface area (Å²) in [6.45, 7) is 2.82. The Morgan fingerprint density at radius 2 is 1.83 bits per heavy atom. The molecular weight excluding hydrogens is 294 g/mol. The van der Waals surface area contributed by atoms with Gasteiger partial charge in [-0.15, -0.1) is 0 Å². The highest BCUT2D eigenvalue weighted by Gasteiger charge is 2.37. The van der Waals surface area contributed by atoms with E-state index in [4.69, 9.17) is 10.5 Å². The third-order valence-electron chi connectivity index (χ3n) is 4.86. The highest BCUT2D eigenvalue weighted by Crippen LogP contribution is 2.25. The molecule has 2 fully saturated rings. The number of carbonyl (C=O) groups is 2. The SMILES string of the molecule is CN1CCC[C@@H]1[C@@H]1COCCN1C(=O)c1ccc(C(N)=O)cc1. The third kappa shape index (κ3) is 3.23. The number of nitrogens with zero attached hydrogens (tertiary/aromatic N) is 2. The third-order valence-corrected chi connectivity index (χ3v) is 4.86. The predicted molar refractivity (Wildman–Crippen MR) is 86.3 cm³/mol. The molecule has 2 atom stereocenters. The zero-order valence-electron chi connectivity index (χ0n) is 13.4. The van der Waals surface area contributed by atoms with Crippen molar-refractivity contribution in [2.24, 2.45) is 5.73 Å². The zero-order chi connectivity index (χ0) is 16.4. The molecule has 2 aliphatic rings. The topological polar surface area (TPSA) is 75.9 Å². The number of likely N-dealkylation sites (N-methyl/N-ethyl adjacent to an activating group) is 1. The summed E-state index contributed by atoms with van der Waals surface area (Å²) in [5, 5.41) is 0. The Hall–Kier alpha value is -1.92. The van der Waals surface area contributed by atoms with Crippen molar-refractivity contribution in [1.82, 2.24) is 9.80 Å². The summed E-state index contributed by atoms with van der Waals surface area (Å²) in [5.41, 5.74) is 6.24. The van der Waals surface area contributed by atoms with Crippen LogP contribution in [-0.4, -0.2) is 67.0 Å². The second-order valence-electron chi connectivity index (χ2n) is 6.27. The molecule has 1 aromatic carbocycles. The van der Waals surface area contributed by atoms with E-state index in [0.717, 1.165) is 19.4 Å². The molecule has 0 bridgehead atoms. The largest absolute Gasteiger partial charge is 0.377 e. The number of likely N-dealkylation sites (tertiary alicyclic amines) is 1. The molecule has 0 saturated carbocycles. The van der Waals surface area contributed by atoms with E-state index in [1.165, 1.54) is 0 Å². The van der Waals surface area contributed by atoms with Gasteiger partial charge in [0.2, 0.25) is 5.91 Å². The fourth-order valence-corrected chi connectivity index (χ4v) is 3.56. The lowest BCUT2D eigenvalue weighted by molar-refractivity contribution is -0.0233. The molecule has 0 unspecified atom stereocenters. The first-order valence-electron chi connectivity index (χ1n) is 8.07. The zero-order valence-corrected chi connectivity index (χ0v) is 13.4. The Bertz CT molecular complexity index is 587. The predicted octanol–water partition coefficient (Wildman–Crippen LogP) is 0.721. The maximum Gasteiger partial charge on any atom is 0.254 e. The van der Waals surface area contributed by atoms with Gasteiger partial charge < -0.3 is 20.3 Å². The van der Waals surface area contributed by atoms with Crippen LogP contribution in [0.15, 0.2) is 24.3 Å². The highest BCUT2D eigenvalue weighted by molar-refractivity contribution is 5.97. The van der Waals surface area contributed by atoms with E-state index < -0.39 is 5.91 Å². The first-order valence-corrected chi connectivity index (χ1v) is 8.07. The minimum atomic E-state index is -0.485. The Kier molecular flexibility index (Phi) is 4.63. The quantitative estimate of drug-likeness (QED) is 0.891. The summed E-state index contributed by atoms with van der Waals surface area (Å²) in [6, 6.07) is 6.99.